The average Bonchev–Trinajstić information content (AvgIpc) is 3.66. The van der Waals surface area contributed by atoms with Gasteiger partial charge in [0.2, 0.25) is 0 Å². The monoisotopic (exact) mass is 618 g/mol. The molecule has 1 N–H and O–H groups in total. The van der Waals surface area contributed by atoms with E-state index in [1.54, 1.807) is 45.1 Å². The van der Waals surface area contributed by atoms with E-state index < -0.39 is 17.8 Å². The van der Waals surface area contributed by atoms with Gasteiger partial charge in [0.1, 0.15) is 11.6 Å². The molecule has 1 aliphatic rings. The Labute approximate surface area is 258 Å². The molecule has 0 fully saturated rings. The molecular weight excluding hydrogens is 587 g/mol. The number of nitrogens with one attached hydrogen (secondary N) is 1. The summed E-state index contributed by atoms with van der Waals surface area (Å²) in [6, 6.07) is 18.4. The molecule has 0 saturated heterocycles. The molecule has 0 aliphatic carbocycles. The van der Waals surface area contributed by atoms with Crippen molar-refractivity contribution in [3.8, 4) is 17.2 Å². The van der Waals surface area contributed by atoms with Crippen LogP contribution in [0, 0.1) is 5.82 Å². The Bertz CT molecular complexity index is 1690. The Balaban J connectivity index is 1.33. The molecule has 0 radical (unpaired) electrons. The molecule has 1 atom stereocenters. The van der Waals surface area contributed by atoms with E-state index in [0.29, 0.717) is 28.9 Å². The number of nitrogens with zero attached hydrogens (tertiary/aromatic N) is 5. The first-order valence-electron chi connectivity index (χ1n) is 13.6. The van der Waals surface area contributed by atoms with E-state index in [-0.39, 0.29) is 23.8 Å². The molecule has 44 heavy (non-hydrogen) atoms. The molecule has 2 amide bonds. The second kappa shape index (κ2) is 13.6. The molecular formula is C31H31FN6O5S. The number of para-hydroxylation sites is 1. The van der Waals surface area contributed by atoms with Crippen LogP contribution >= 0.6 is 11.8 Å². The van der Waals surface area contributed by atoms with Crippen LogP contribution in [0.2, 0.25) is 0 Å². The van der Waals surface area contributed by atoms with E-state index in [1.165, 1.54) is 35.0 Å². The van der Waals surface area contributed by atoms with Gasteiger partial charge in [0, 0.05) is 19.0 Å². The Morgan fingerprint density at radius 3 is 2.45 bits per heavy atom. The first kappa shape index (κ1) is 30.5. The van der Waals surface area contributed by atoms with Crippen LogP contribution in [-0.4, -0.2) is 64.4 Å². The van der Waals surface area contributed by atoms with Gasteiger partial charge in [-0.3, -0.25) is 9.59 Å². The van der Waals surface area contributed by atoms with Crippen LogP contribution in [-0.2, 0) is 18.4 Å². The van der Waals surface area contributed by atoms with Gasteiger partial charge < -0.3 is 24.1 Å². The van der Waals surface area contributed by atoms with Gasteiger partial charge in [-0.2, -0.15) is 5.10 Å². The molecule has 0 saturated carbocycles. The Hall–Kier alpha value is -4.91. The van der Waals surface area contributed by atoms with Crippen molar-refractivity contribution >= 4 is 29.3 Å². The molecule has 228 valence electrons. The van der Waals surface area contributed by atoms with Gasteiger partial charge in [-0.1, -0.05) is 36.0 Å². The van der Waals surface area contributed by atoms with Gasteiger partial charge in [-0.05, 0) is 48.0 Å². The number of aromatic nitrogens is 3. The maximum absolute atomic E-state index is 14.0. The highest BCUT2D eigenvalue weighted by molar-refractivity contribution is 7.99. The molecule has 5 rings (SSSR count). The van der Waals surface area contributed by atoms with Gasteiger partial charge >= 0.3 is 0 Å². The van der Waals surface area contributed by atoms with Crippen molar-refractivity contribution in [2.24, 2.45) is 12.1 Å². The normalized spacial score (nSPS) is 14.2. The highest BCUT2D eigenvalue weighted by atomic mass is 32.2. The van der Waals surface area contributed by atoms with Crippen LogP contribution in [0.4, 0.5) is 4.39 Å². The lowest BCUT2D eigenvalue weighted by Crippen LogP contribution is -2.29. The smallest absolute Gasteiger partial charge is 0.254 e. The summed E-state index contributed by atoms with van der Waals surface area (Å²) in [6.07, 6.45) is 0.460. The summed E-state index contributed by atoms with van der Waals surface area (Å²) in [5.41, 5.74) is 2.32. The average molecular weight is 619 g/mol. The number of carbonyl (C=O) groups is 2. The van der Waals surface area contributed by atoms with Gasteiger partial charge in [0.25, 0.3) is 11.8 Å². The molecule has 0 unspecified atom stereocenters. The third kappa shape index (κ3) is 6.37. The number of methoxy groups -OCH3 is 3. The minimum atomic E-state index is -0.609. The van der Waals surface area contributed by atoms with E-state index in [0.717, 1.165) is 22.6 Å². The number of thioether (sulfide) groups is 1. The standard InChI is InChI=1S/C31H31FN6O5S/c1-37-27(17-33-30(40)21-8-5-6-10-23(21)32)34-35-31(37)44-18-28(39)38-25(22-9-7-11-26(42-3)29(22)43-4)16-24(36-38)19-12-14-20(41-2)15-13-19/h5-15,25H,16-18H2,1-4H3,(H,33,40)/t25-/m1/s1. The summed E-state index contributed by atoms with van der Waals surface area (Å²) >= 11 is 1.20. The molecule has 1 aromatic heterocycles. The first-order chi connectivity index (χ1) is 21.3. The largest absolute Gasteiger partial charge is 0.497 e. The maximum atomic E-state index is 14.0. The van der Waals surface area contributed by atoms with Crippen LogP contribution in [0.15, 0.2) is 77.0 Å². The lowest BCUT2D eigenvalue weighted by molar-refractivity contribution is -0.130. The number of amides is 2. The zero-order valence-corrected chi connectivity index (χ0v) is 25.4. The van der Waals surface area contributed by atoms with Crippen molar-refractivity contribution in [2.75, 3.05) is 27.1 Å². The molecule has 1 aliphatic heterocycles. The van der Waals surface area contributed by atoms with Crippen LogP contribution in [0.3, 0.4) is 0 Å². The Morgan fingerprint density at radius 2 is 1.75 bits per heavy atom. The fourth-order valence-electron chi connectivity index (χ4n) is 4.83. The van der Waals surface area contributed by atoms with Gasteiger partial charge in [0.05, 0.1) is 50.9 Å². The summed E-state index contributed by atoms with van der Waals surface area (Å²) in [7, 11) is 6.47. The third-order valence-electron chi connectivity index (χ3n) is 7.16. The minimum absolute atomic E-state index is 0.0235. The molecule has 13 heteroatoms. The van der Waals surface area contributed by atoms with E-state index in [4.69, 9.17) is 19.3 Å². The number of hydrogen-bond donors (Lipinski definition) is 1. The van der Waals surface area contributed by atoms with Crippen LogP contribution in [0.1, 0.15) is 39.8 Å². The Kier molecular flexibility index (Phi) is 9.44. The topological polar surface area (TPSA) is 120 Å². The van der Waals surface area contributed by atoms with Gasteiger partial charge in [-0.25, -0.2) is 9.40 Å². The van der Waals surface area contributed by atoms with Crippen LogP contribution in [0.5, 0.6) is 17.2 Å². The highest BCUT2D eigenvalue weighted by Crippen LogP contribution is 2.42. The highest BCUT2D eigenvalue weighted by Gasteiger charge is 2.35. The maximum Gasteiger partial charge on any atom is 0.254 e. The zero-order valence-electron chi connectivity index (χ0n) is 24.6. The van der Waals surface area contributed by atoms with Crippen LogP contribution < -0.4 is 19.5 Å². The molecule has 2 heterocycles. The SMILES string of the molecule is COc1ccc(C2=NN(C(=O)CSc3nnc(CNC(=O)c4ccccc4F)n3C)[C@@H](c3cccc(OC)c3OC)C2)cc1. The van der Waals surface area contributed by atoms with Gasteiger partial charge in [-0.15, -0.1) is 10.2 Å². The zero-order chi connectivity index (χ0) is 31.2. The summed E-state index contributed by atoms with van der Waals surface area (Å²) in [4.78, 5) is 26.1. The number of rotatable bonds is 11. The van der Waals surface area contributed by atoms with E-state index in [9.17, 15) is 14.0 Å². The van der Waals surface area contributed by atoms with E-state index >= 15 is 0 Å². The molecule has 3 aromatic carbocycles. The second-order valence-electron chi connectivity index (χ2n) is 9.73. The number of halogens is 1. The molecule has 4 aromatic rings. The predicted molar refractivity (Wildman–Crippen MR) is 163 cm³/mol. The number of hydrazone groups is 1. The fraction of sp³-hybridized carbons (Fsp3) is 0.258. The Morgan fingerprint density at radius 1 is 0.977 bits per heavy atom. The lowest BCUT2D eigenvalue weighted by Gasteiger charge is -2.24. The van der Waals surface area contributed by atoms with Gasteiger partial charge in [0.15, 0.2) is 22.5 Å². The number of carbonyl (C=O) groups excluding carboxylic acids is 2. The third-order valence-corrected chi connectivity index (χ3v) is 8.16. The van der Waals surface area contributed by atoms with E-state index in [1.807, 2.05) is 36.4 Å². The summed E-state index contributed by atoms with van der Waals surface area (Å²) in [5.74, 6) is 0.866. The summed E-state index contributed by atoms with van der Waals surface area (Å²) in [5, 5.41) is 17.7. The quantitative estimate of drug-likeness (QED) is 0.246. The van der Waals surface area contributed by atoms with E-state index in [2.05, 4.69) is 15.5 Å². The predicted octanol–water partition coefficient (Wildman–Crippen LogP) is 4.38. The van der Waals surface area contributed by atoms with Crippen molar-refractivity contribution in [1.29, 1.82) is 0 Å². The first-order valence-corrected chi connectivity index (χ1v) is 14.6. The molecule has 0 bridgehead atoms. The van der Waals surface area contributed by atoms with Crippen molar-refractivity contribution in [2.45, 2.75) is 24.2 Å². The van der Waals surface area contributed by atoms with Crippen molar-refractivity contribution < 1.29 is 28.2 Å². The second-order valence-corrected chi connectivity index (χ2v) is 10.7. The minimum Gasteiger partial charge on any atom is -0.497 e. The fourth-order valence-corrected chi connectivity index (χ4v) is 5.61. The summed E-state index contributed by atoms with van der Waals surface area (Å²) < 4.78 is 32.1. The lowest BCUT2D eigenvalue weighted by atomic mass is 9.97. The van der Waals surface area contributed by atoms with Crippen LogP contribution in [0.25, 0.3) is 0 Å². The molecule has 11 nitrogen and oxygen atoms in total. The number of hydrogen-bond acceptors (Lipinski definition) is 9. The summed E-state index contributed by atoms with van der Waals surface area (Å²) in [6.45, 7) is 0.0323. The van der Waals surface area contributed by atoms with Crippen molar-refractivity contribution in [3.05, 3.63) is 95.1 Å². The van der Waals surface area contributed by atoms with Crippen molar-refractivity contribution in [1.82, 2.24) is 25.1 Å². The number of ether oxygens (including phenoxy) is 3. The number of benzene rings is 3. The van der Waals surface area contributed by atoms with Crippen molar-refractivity contribution in [3.63, 3.8) is 0 Å². The molecule has 0 spiro atoms.